The molecule has 1 aliphatic carbocycles. The van der Waals surface area contributed by atoms with Crippen molar-refractivity contribution in [2.75, 3.05) is 12.8 Å². The highest BCUT2D eigenvalue weighted by atomic mass is 32.1. The standard InChI is InChI=1S/C17H21NOS/c1-10-4-6-13-15(8-10)20-17(18)16(13)12-5-7-14(19-3)11(2)9-12/h5,7,9-10H,4,6,8,18H2,1-3H3. The fourth-order valence-electron chi connectivity index (χ4n) is 3.12. The number of fused-ring (bicyclic) bond motifs is 1. The molecule has 106 valence electrons. The smallest absolute Gasteiger partial charge is 0.121 e. The van der Waals surface area contributed by atoms with Crippen molar-refractivity contribution in [3.05, 3.63) is 34.2 Å². The van der Waals surface area contributed by atoms with Gasteiger partial charge in [0.05, 0.1) is 12.1 Å². The van der Waals surface area contributed by atoms with Crippen LogP contribution in [0, 0.1) is 12.8 Å². The molecule has 1 aromatic heterocycles. The molecule has 1 unspecified atom stereocenters. The zero-order valence-electron chi connectivity index (χ0n) is 12.3. The van der Waals surface area contributed by atoms with Crippen LogP contribution in [0.1, 0.15) is 29.3 Å². The Balaban J connectivity index is 2.09. The molecule has 0 saturated heterocycles. The van der Waals surface area contributed by atoms with Crippen LogP contribution in [0.2, 0.25) is 0 Å². The first-order valence-electron chi connectivity index (χ1n) is 7.15. The monoisotopic (exact) mass is 287 g/mol. The Kier molecular flexibility index (Phi) is 3.47. The third-order valence-electron chi connectivity index (χ3n) is 4.22. The number of nitrogens with two attached hydrogens (primary N) is 1. The van der Waals surface area contributed by atoms with Crippen LogP contribution in [0.25, 0.3) is 11.1 Å². The number of methoxy groups -OCH3 is 1. The maximum Gasteiger partial charge on any atom is 0.121 e. The van der Waals surface area contributed by atoms with Gasteiger partial charge in [0, 0.05) is 10.4 Å². The summed E-state index contributed by atoms with van der Waals surface area (Å²) in [5.74, 6) is 1.72. The van der Waals surface area contributed by atoms with E-state index in [2.05, 4.69) is 26.0 Å². The van der Waals surface area contributed by atoms with E-state index < -0.39 is 0 Å². The number of ether oxygens (including phenoxy) is 1. The predicted molar refractivity (Wildman–Crippen MR) is 86.6 cm³/mol. The van der Waals surface area contributed by atoms with Gasteiger partial charge in [0.1, 0.15) is 5.75 Å². The van der Waals surface area contributed by atoms with Crippen LogP contribution in [0.5, 0.6) is 5.75 Å². The molecular weight excluding hydrogens is 266 g/mol. The Labute approximate surface area is 124 Å². The van der Waals surface area contributed by atoms with E-state index in [0.717, 1.165) is 28.7 Å². The van der Waals surface area contributed by atoms with Crippen molar-refractivity contribution in [1.29, 1.82) is 0 Å². The lowest BCUT2D eigenvalue weighted by Gasteiger charge is -2.19. The first-order valence-corrected chi connectivity index (χ1v) is 7.96. The van der Waals surface area contributed by atoms with Crippen molar-refractivity contribution >= 4 is 16.3 Å². The summed E-state index contributed by atoms with van der Waals surface area (Å²) in [7, 11) is 1.71. The molecule has 2 N–H and O–H groups in total. The van der Waals surface area contributed by atoms with Gasteiger partial charge in [-0.25, -0.2) is 0 Å². The number of aryl methyl sites for hydroxylation is 1. The number of hydrogen-bond donors (Lipinski definition) is 1. The first kappa shape index (κ1) is 13.5. The average Bonchev–Trinajstić information content (AvgIpc) is 2.73. The minimum absolute atomic E-state index is 0.783. The van der Waals surface area contributed by atoms with Gasteiger partial charge in [0.15, 0.2) is 0 Å². The van der Waals surface area contributed by atoms with Gasteiger partial charge >= 0.3 is 0 Å². The SMILES string of the molecule is COc1ccc(-c2c(N)sc3c2CCC(C)C3)cc1C. The minimum atomic E-state index is 0.783. The summed E-state index contributed by atoms with van der Waals surface area (Å²) in [6.45, 7) is 4.41. The number of rotatable bonds is 2. The molecule has 2 aromatic rings. The highest BCUT2D eigenvalue weighted by molar-refractivity contribution is 7.16. The normalized spacial score (nSPS) is 17.9. The lowest BCUT2D eigenvalue weighted by molar-refractivity contribution is 0.412. The molecule has 0 amide bonds. The van der Waals surface area contributed by atoms with Crippen molar-refractivity contribution in [2.45, 2.75) is 33.1 Å². The molecule has 2 nitrogen and oxygen atoms in total. The van der Waals surface area contributed by atoms with Gasteiger partial charge in [-0.3, -0.25) is 0 Å². The molecule has 3 rings (SSSR count). The predicted octanol–water partition coefficient (Wildman–Crippen LogP) is 4.44. The van der Waals surface area contributed by atoms with Crippen molar-refractivity contribution in [2.24, 2.45) is 5.92 Å². The zero-order valence-corrected chi connectivity index (χ0v) is 13.1. The highest BCUT2D eigenvalue weighted by Gasteiger charge is 2.23. The molecule has 0 bridgehead atoms. The van der Waals surface area contributed by atoms with E-state index in [4.69, 9.17) is 10.5 Å². The Hall–Kier alpha value is -1.48. The molecule has 1 heterocycles. The molecule has 0 spiro atoms. The molecule has 1 atom stereocenters. The second-order valence-corrected chi connectivity index (χ2v) is 6.91. The second-order valence-electron chi connectivity index (χ2n) is 5.78. The van der Waals surface area contributed by atoms with Crippen molar-refractivity contribution in [1.82, 2.24) is 0 Å². The molecule has 3 heteroatoms. The Morgan fingerprint density at radius 2 is 2.15 bits per heavy atom. The maximum atomic E-state index is 6.31. The summed E-state index contributed by atoms with van der Waals surface area (Å²) in [5, 5.41) is 0.966. The van der Waals surface area contributed by atoms with Crippen LogP contribution in [0.3, 0.4) is 0 Å². The van der Waals surface area contributed by atoms with Crippen LogP contribution < -0.4 is 10.5 Å². The van der Waals surface area contributed by atoms with Crippen LogP contribution in [0.15, 0.2) is 18.2 Å². The highest BCUT2D eigenvalue weighted by Crippen LogP contribution is 2.44. The summed E-state index contributed by atoms with van der Waals surface area (Å²) in [5.41, 5.74) is 11.4. The Morgan fingerprint density at radius 1 is 1.35 bits per heavy atom. The van der Waals surface area contributed by atoms with E-state index in [9.17, 15) is 0 Å². The van der Waals surface area contributed by atoms with Gasteiger partial charge in [0.2, 0.25) is 0 Å². The average molecular weight is 287 g/mol. The van der Waals surface area contributed by atoms with Gasteiger partial charge in [-0.05, 0) is 60.9 Å². The quantitative estimate of drug-likeness (QED) is 0.886. The molecule has 0 radical (unpaired) electrons. The van der Waals surface area contributed by atoms with E-state index in [0.29, 0.717) is 0 Å². The maximum absolute atomic E-state index is 6.31. The summed E-state index contributed by atoms with van der Waals surface area (Å²) in [6.07, 6.45) is 3.61. The van der Waals surface area contributed by atoms with Crippen LogP contribution in [-0.2, 0) is 12.8 Å². The summed E-state index contributed by atoms with van der Waals surface area (Å²) < 4.78 is 5.35. The van der Waals surface area contributed by atoms with E-state index in [-0.39, 0.29) is 0 Å². The molecular formula is C17H21NOS. The van der Waals surface area contributed by atoms with Crippen LogP contribution in [0.4, 0.5) is 5.00 Å². The largest absolute Gasteiger partial charge is 0.496 e. The fourth-order valence-corrected chi connectivity index (χ4v) is 4.43. The summed E-state index contributed by atoms with van der Waals surface area (Å²) in [4.78, 5) is 1.49. The van der Waals surface area contributed by atoms with Crippen molar-refractivity contribution < 1.29 is 4.74 Å². The second kappa shape index (κ2) is 5.13. The first-order chi connectivity index (χ1) is 9.60. The lowest BCUT2D eigenvalue weighted by atomic mass is 9.86. The minimum Gasteiger partial charge on any atom is -0.496 e. The lowest BCUT2D eigenvalue weighted by Crippen LogP contribution is -2.09. The van der Waals surface area contributed by atoms with Crippen molar-refractivity contribution in [3.63, 3.8) is 0 Å². The topological polar surface area (TPSA) is 35.2 Å². The number of hydrogen-bond acceptors (Lipinski definition) is 3. The number of anilines is 1. The van der Waals surface area contributed by atoms with Crippen molar-refractivity contribution in [3.8, 4) is 16.9 Å². The van der Waals surface area contributed by atoms with Gasteiger partial charge in [-0.1, -0.05) is 13.0 Å². The van der Waals surface area contributed by atoms with Crippen LogP contribution in [-0.4, -0.2) is 7.11 Å². The Bertz CT molecular complexity index is 645. The molecule has 0 saturated carbocycles. The number of nitrogen functional groups attached to an aromatic ring is 1. The summed E-state index contributed by atoms with van der Waals surface area (Å²) >= 11 is 1.78. The fraction of sp³-hybridized carbons (Fsp3) is 0.412. The third kappa shape index (κ3) is 2.20. The molecule has 20 heavy (non-hydrogen) atoms. The zero-order chi connectivity index (χ0) is 14.3. The van der Waals surface area contributed by atoms with E-state index in [1.807, 2.05) is 6.07 Å². The van der Waals surface area contributed by atoms with E-state index >= 15 is 0 Å². The van der Waals surface area contributed by atoms with Gasteiger partial charge < -0.3 is 10.5 Å². The molecule has 0 aliphatic heterocycles. The van der Waals surface area contributed by atoms with E-state index in [1.54, 1.807) is 18.4 Å². The molecule has 1 aliphatic rings. The molecule has 1 aromatic carbocycles. The van der Waals surface area contributed by atoms with E-state index in [1.165, 1.54) is 34.4 Å². The molecule has 0 fully saturated rings. The third-order valence-corrected chi connectivity index (χ3v) is 5.31. The summed E-state index contributed by atoms with van der Waals surface area (Å²) in [6, 6.07) is 6.36. The Morgan fingerprint density at radius 3 is 2.85 bits per heavy atom. The van der Waals surface area contributed by atoms with Gasteiger partial charge in [0.25, 0.3) is 0 Å². The van der Waals surface area contributed by atoms with Gasteiger partial charge in [-0.15, -0.1) is 11.3 Å². The van der Waals surface area contributed by atoms with Gasteiger partial charge in [-0.2, -0.15) is 0 Å². The number of benzene rings is 1. The number of thiophene rings is 1. The van der Waals surface area contributed by atoms with Crippen LogP contribution >= 0.6 is 11.3 Å².